The first-order valence-electron chi connectivity index (χ1n) is 12.3. The molecule has 1 aromatic carbocycles. The third-order valence-electron chi connectivity index (χ3n) is 6.07. The highest BCUT2D eigenvalue weighted by Crippen LogP contribution is 2.37. The summed E-state index contributed by atoms with van der Waals surface area (Å²) in [5, 5.41) is 21.3. The van der Waals surface area contributed by atoms with E-state index in [4.69, 9.17) is 5.11 Å². The lowest BCUT2D eigenvalue weighted by molar-refractivity contribution is -0.384. The lowest BCUT2D eigenvalue weighted by atomic mass is 10.0. The number of carbonyl (C=O) groups excluding carboxylic acids is 2. The van der Waals surface area contributed by atoms with Crippen LogP contribution in [-0.2, 0) is 4.79 Å². The fraction of sp³-hybridized carbons (Fsp3) is 0.0625. The summed E-state index contributed by atoms with van der Waals surface area (Å²) in [5.74, 6) is -0.250. The van der Waals surface area contributed by atoms with Crippen LogP contribution in [0.4, 0.5) is 11.4 Å². The summed E-state index contributed by atoms with van der Waals surface area (Å²) in [7, 11) is 0. The number of hydrogen-bond acceptors (Lipinski definition) is 5. The van der Waals surface area contributed by atoms with Crippen molar-refractivity contribution in [3.8, 4) is 22.3 Å². The van der Waals surface area contributed by atoms with E-state index in [1.54, 1.807) is 19.1 Å². The zero-order valence-electron chi connectivity index (χ0n) is 21.2. The van der Waals surface area contributed by atoms with Crippen LogP contribution >= 0.6 is 0 Å². The van der Waals surface area contributed by atoms with Crippen molar-refractivity contribution in [3.63, 3.8) is 0 Å². The van der Waals surface area contributed by atoms with E-state index in [1.807, 2.05) is 84.9 Å². The van der Waals surface area contributed by atoms with E-state index >= 15 is 0 Å². The van der Waals surface area contributed by atoms with Crippen LogP contribution in [0, 0.1) is 10.1 Å². The second kappa shape index (κ2) is 12.4. The Morgan fingerprint density at radius 1 is 0.795 bits per heavy atom. The number of nitro benzene ring substituents is 1. The first-order chi connectivity index (χ1) is 19.0. The maximum atomic E-state index is 12.3. The molecular weight excluding hydrogens is 492 g/mol. The molecule has 39 heavy (non-hydrogen) atoms. The highest BCUT2D eigenvalue weighted by atomic mass is 16.6. The van der Waals surface area contributed by atoms with Gasteiger partial charge in [-0.05, 0) is 46.9 Å². The standard InChI is InChI=1S/C19H12N2O3.C11H8O.C2H6O/c22-19-17(16-11-14(21(23)24)8-9-18(16)20-19)10-13-7-6-12-4-2-1-3-5-15(12)13;12-8-10-7-6-9-4-2-1-3-5-11(9)10;1-2-3/h1-11H,(H,20,22);1-8H;3H,2H2,1H3/b17-10-;;. The van der Waals surface area contributed by atoms with Crippen LogP contribution in [0.5, 0.6) is 0 Å². The summed E-state index contributed by atoms with van der Waals surface area (Å²) in [6.07, 6.45) is 2.68. The Labute approximate surface area is 225 Å². The molecule has 0 saturated carbocycles. The number of nitrogens with zero attached hydrogens (tertiary/aromatic N) is 1. The smallest absolute Gasteiger partial charge is 0.270 e. The Morgan fingerprint density at radius 2 is 1.36 bits per heavy atom. The van der Waals surface area contributed by atoms with Crippen LogP contribution in [0.2, 0.25) is 0 Å². The minimum Gasteiger partial charge on any atom is -0.397 e. The number of amides is 1. The Kier molecular flexibility index (Phi) is 8.56. The van der Waals surface area contributed by atoms with Crippen molar-refractivity contribution in [1.29, 1.82) is 0 Å². The molecule has 0 unspecified atom stereocenters. The zero-order valence-corrected chi connectivity index (χ0v) is 21.2. The second-order valence-corrected chi connectivity index (χ2v) is 8.57. The number of rotatable bonds is 3. The van der Waals surface area contributed by atoms with E-state index in [9.17, 15) is 19.7 Å². The minimum atomic E-state index is -0.460. The molecule has 1 aliphatic heterocycles. The van der Waals surface area contributed by atoms with Gasteiger partial charge in [0.1, 0.15) is 0 Å². The van der Waals surface area contributed by atoms with Crippen molar-refractivity contribution >= 4 is 35.2 Å². The molecule has 7 nitrogen and oxygen atoms in total. The van der Waals surface area contributed by atoms with Gasteiger partial charge in [0, 0.05) is 41.1 Å². The van der Waals surface area contributed by atoms with Crippen LogP contribution < -0.4 is 5.32 Å². The zero-order chi connectivity index (χ0) is 27.8. The molecule has 1 heterocycles. The number of fused-ring (bicyclic) bond motifs is 3. The Balaban J connectivity index is 0.000000196. The van der Waals surface area contributed by atoms with Gasteiger partial charge in [-0.2, -0.15) is 0 Å². The summed E-state index contributed by atoms with van der Waals surface area (Å²) < 4.78 is 0. The van der Waals surface area contributed by atoms with Gasteiger partial charge in [0.25, 0.3) is 11.6 Å². The molecule has 0 bridgehead atoms. The van der Waals surface area contributed by atoms with Crippen molar-refractivity contribution in [2.75, 3.05) is 11.9 Å². The van der Waals surface area contributed by atoms with E-state index in [-0.39, 0.29) is 18.2 Å². The summed E-state index contributed by atoms with van der Waals surface area (Å²) in [6.45, 7) is 1.93. The van der Waals surface area contributed by atoms with Gasteiger partial charge in [-0.3, -0.25) is 19.7 Å². The fourth-order valence-corrected chi connectivity index (χ4v) is 4.29. The van der Waals surface area contributed by atoms with Crippen LogP contribution in [-0.4, -0.2) is 28.8 Å². The van der Waals surface area contributed by atoms with Crippen LogP contribution in [0.15, 0.2) is 103 Å². The predicted molar refractivity (Wildman–Crippen MR) is 154 cm³/mol. The van der Waals surface area contributed by atoms with Crippen LogP contribution in [0.25, 0.3) is 33.9 Å². The number of anilines is 1. The minimum absolute atomic E-state index is 0.0325. The predicted octanol–water partition coefficient (Wildman–Crippen LogP) is 6.79. The Morgan fingerprint density at radius 3 is 1.95 bits per heavy atom. The van der Waals surface area contributed by atoms with E-state index in [2.05, 4.69) is 5.32 Å². The molecule has 4 aliphatic carbocycles. The van der Waals surface area contributed by atoms with Gasteiger partial charge in [-0.25, -0.2) is 0 Å². The number of hydrogen-bond donors (Lipinski definition) is 2. The third kappa shape index (κ3) is 6.06. The SMILES string of the molecule is CCO.O=C1Nc2ccc([N+](=O)[O-])cc2/C1=C/c1ccc2cccccc1-2.O=Cc1ccc2cccccc1-2. The molecule has 1 amide bonds. The normalized spacial score (nSPS) is 12.6. The molecule has 5 aliphatic rings. The summed E-state index contributed by atoms with van der Waals surface area (Å²) >= 11 is 0. The first kappa shape index (κ1) is 26.9. The Bertz CT molecular complexity index is 1610. The lowest BCUT2D eigenvalue weighted by Crippen LogP contribution is -2.03. The monoisotopic (exact) mass is 518 g/mol. The maximum absolute atomic E-state index is 12.3. The molecule has 0 saturated heterocycles. The molecule has 0 aromatic heterocycles. The molecule has 0 radical (unpaired) electrons. The summed E-state index contributed by atoms with van der Waals surface area (Å²) in [5.41, 5.74) is 7.47. The average molecular weight is 519 g/mol. The van der Waals surface area contributed by atoms with Crippen molar-refractivity contribution in [3.05, 3.63) is 130 Å². The van der Waals surface area contributed by atoms with E-state index < -0.39 is 4.92 Å². The third-order valence-corrected chi connectivity index (χ3v) is 6.07. The van der Waals surface area contributed by atoms with Crippen molar-refractivity contribution in [1.82, 2.24) is 0 Å². The number of benzene rings is 1. The number of nitrogens with one attached hydrogen (secondary N) is 1. The quantitative estimate of drug-likeness (QED) is 0.118. The van der Waals surface area contributed by atoms with Gasteiger partial charge in [0.15, 0.2) is 6.29 Å². The molecule has 6 rings (SSSR count). The molecule has 7 heteroatoms. The Hall–Kier alpha value is -5.14. The number of aldehydes is 1. The molecule has 0 spiro atoms. The number of carbonyl (C=O) groups is 2. The molecule has 0 atom stereocenters. The van der Waals surface area contributed by atoms with Crippen LogP contribution in [0.1, 0.15) is 28.4 Å². The van der Waals surface area contributed by atoms with Crippen molar-refractivity contribution < 1.29 is 19.6 Å². The van der Waals surface area contributed by atoms with Crippen molar-refractivity contribution in [2.24, 2.45) is 0 Å². The van der Waals surface area contributed by atoms with E-state index in [1.165, 1.54) is 12.1 Å². The average Bonchev–Trinajstić information content (AvgIpc) is 3.45. The number of aliphatic hydroxyl groups excluding tert-OH is 1. The highest BCUT2D eigenvalue weighted by Gasteiger charge is 2.26. The topological polar surface area (TPSA) is 110 Å². The van der Waals surface area contributed by atoms with E-state index in [0.29, 0.717) is 16.8 Å². The first-order valence-corrected chi connectivity index (χ1v) is 12.3. The number of aliphatic hydroxyl groups is 1. The highest BCUT2D eigenvalue weighted by molar-refractivity contribution is 6.35. The van der Waals surface area contributed by atoms with E-state index in [0.717, 1.165) is 39.7 Å². The maximum Gasteiger partial charge on any atom is 0.270 e. The van der Waals surface area contributed by atoms with Gasteiger partial charge in [-0.1, -0.05) is 84.9 Å². The lowest BCUT2D eigenvalue weighted by Gasteiger charge is -2.00. The molecule has 2 N–H and O–H groups in total. The van der Waals surface area contributed by atoms with Gasteiger partial charge in [-0.15, -0.1) is 0 Å². The summed E-state index contributed by atoms with van der Waals surface area (Å²) in [4.78, 5) is 33.4. The number of non-ortho nitro benzene ring substituents is 1. The second-order valence-electron chi connectivity index (χ2n) is 8.57. The fourth-order valence-electron chi connectivity index (χ4n) is 4.29. The van der Waals surface area contributed by atoms with Gasteiger partial charge in [0.05, 0.1) is 4.92 Å². The van der Waals surface area contributed by atoms with Crippen LogP contribution in [0.3, 0.4) is 0 Å². The van der Waals surface area contributed by atoms with Gasteiger partial charge < -0.3 is 10.4 Å². The molecule has 194 valence electrons. The van der Waals surface area contributed by atoms with Crippen molar-refractivity contribution in [2.45, 2.75) is 6.92 Å². The summed E-state index contributed by atoms with van der Waals surface area (Å²) in [6, 6.07) is 31.8. The molecule has 0 fully saturated rings. The molecular formula is C32H26N2O5. The van der Waals surface area contributed by atoms with Gasteiger partial charge in [0.2, 0.25) is 0 Å². The van der Waals surface area contributed by atoms with Gasteiger partial charge >= 0.3 is 0 Å². The largest absolute Gasteiger partial charge is 0.397 e. The number of nitro groups is 1. The molecule has 1 aromatic rings.